The van der Waals surface area contributed by atoms with Gasteiger partial charge in [-0.15, -0.1) is 0 Å². The molecule has 4 atom stereocenters. The summed E-state index contributed by atoms with van der Waals surface area (Å²) in [6.45, 7) is 3.02. The minimum absolute atomic E-state index is 0.0288. The third-order valence-electron chi connectivity index (χ3n) is 6.54. The number of nitrogens with two attached hydrogens (primary N) is 1. The molecule has 2 N–H and O–H groups in total. The first-order valence-corrected chi connectivity index (χ1v) is 9.55. The molecular formula is C19H21F4N5. The molecule has 2 aliphatic carbocycles. The van der Waals surface area contributed by atoms with Crippen LogP contribution in [-0.2, 0) is 18.1 Å². The Kier molecular flexibility index (Phi) is 3.63. The second-order valence-corrected chi connectivity index (χ2v) is 7.97. The van der Waals surface area contributed by atoms with Gasteiger partial charge in [-0.25, -0.2) is 14.4 Å². The van der Waals surface area contributed by atoms with Crippen LogP contribution in [0.25, 0.3) is 11.3 Å². The zero-order chi connectivity index (χ0) is 19.8. The van der Waals surface area contributed by atoms with E-state index in [1.807, 2.05) is 13.1 Å². The SMILES string of the molecule is CCCc1nc(-c2cnc(N)c(C(F)(F)F)c2)cn1[C@@]12C3[C@H]1[C@H]2CN3CCF. The largest absolute Gasteiger partial charge is 0.419 e. The van der Waals surface area contributed by atoms with E-state index in [0.717, 1.165) is 31.3 Å². The third kappa shape index (κ3) is 2.22. The van der Waals surface area contributed by atoms with Crippen LogP contribution in [0.1, 0.15) is 24.7 Å². The summed E-state index contributed by atoms with van der Waals surface area (Å²) in [6, 6.07) is 1.35. The van der Waals surface area contributed by atoms with Crippen LogP contribution in [0, 0.1) is 11.8 Å². The number of hydrogen-bond donors (Lipinski definition) is 1. The highest BCUT2D eigenvalue weighted by Gasteiger charge is 2.93. The Bertz CT molecular complexity index is 933. The summed E-state index contributed by atoms with van der Waals surface area (Å²) < 4.78 is 54.6. The van der Waals surface area contributed by atoms with E-state index < -0.39 is 17.6 Å². The fourth-order valence-electron chi connectivity index (χ4n) is 5.32. The van der Waals surface area contributed by atoms with E-state index in [2.05, 4.69) is 19.4 Å². The second kappa shape index (κ2) is 5.68. The summed E-state index contributed by atoms with van der Waals surface area (Å²) in [6.07, 6.45) is 0.251. The molecule has 4 aliphatic rings. The van der Waals surface area contributed by atoms with Gasteiger partial charge in [-0.2, -0.15) is 13.2 Å². The van der Waals surface area contributed by atoms with Gasteiger partial charge in [0.05, 0.1) is 16.8 Å². The first-order valence-electron chi connectivity index (χ1n) is 9.55. The number of imidazole rings is 1. The van der Waals surface area contributed by atoms with Crippen LogP contribution in [0.15, 0.2) is 18.5 Å². The first-order chi connectivity index (χ1) is 13.3. The fourth-order valence-corrected chi connectivity index (χ4v) is 5.32. The summed E-state index contributed by atoms with van der Waals surface area (Å²) in [7, 11) is 0. The van der Waals surface area contributed by atoms with Gasteiger partial charge < -0.3 is 10.3 Å². The van der Waals surface area contributed by atoms with E-state index in [1.54, 1.807) is 0 Å². The molecule has 0 radical (unpaired) electrons. The molecule has 2 aromatic rings. The number of hydrogen-bond acceptors (Lipinski definition) is 4. The smallest absolute Gasteiger partial charge is 0.383 e. The number of nitrogens with zero attached hydrogens (tertiary/aromatic N) is 4. The highest BCUT2D eigenvalue weighted by Crippen LogP contribution is 2.83. The summed E-state index contributed by atoms with van der Waals surface area (Å²) >= 11 is 0. The molecule has 150 valence electrons. The lowest BCUT2D eigenvalue weighted by Crippen LogP contribution is -2.27. The van der Waals surface area contributed by atoms with E-state index >= 15 is 0 Å². The number of nitrogen functional groups attached to an aromatic ring is 1. The zero-order valence-electron chi connectivity index (χ0n) is 15.4. The van der Waals surface area contributed by atoms with E-state index in [-0.39, 0.29) is 12.2 Å². The van der Waals surface area contributed by atoms with Crippen molar-refractivity contribution in [3.8, 4) is 11.3 Å². The van der Waals surface area contributed by atoms with Gasteiger partial charge in [0.15, 0.2) is 0 Å². The van der Waals surface area contributed by atoms with Gasteiger partial charge in [0.1, 0.15) is 18.3 Å². The second-order valence-electron chi connectivity index (χ2n) is 7.97. The van der Waals surface area contributed by atoms with Gasteiger partial charge in [-0.3, -0.25) is 4.90 Å². The quantitative estimate of drug-likeness (QED) is 0.764. The van der Waals surface area contributed by atoms with Crippen molar-refractivity contribution in [2.75, 3.05) is 25.5 Å². The maximum atomic E-state index is 13.2. The fraction of sp³-hybridized carbons (Fsp3) is 0.579. The summed E-state index contributed by atoms with van der Waals surface area (Å²) in [5, 5.41) is 0. The molecule has 5 nitrogen and oxygen atoms in total. The Morgan fingerprint density at radius 1 is 1.36 bits per heavy atom. The highest BCUT2D eigenvalue weighted by molar-refractivity contribution is 5.63. The van der Waals surface area contributed by atoms with Crippen LogP contribution in [0.2, 0.25) is 0 Å². The molecule has 4 fully saturated rings. The van der Waals surface area contributed by atoms with Crippen molar-refractivity contribution in [3.63, 3.8) is 0 Å². The van der Waals surface area contributed by atoms with E-state index in [4.69, 9.17) is 5.73 Å². The molecule has 2 bridgehead atoms. The lowest BCUT2D eigenvalue weighted by molar-refractivity contribution is -0.137. The van der Waals surface area contributed by atoms with Gasteiger partial charge in [-0.05, 0) is 12.5 Å². The van der Waals surface area contributed by atoms with Gasteiger partial charge >= 0.3 is 6.18 Å². The van der Waals surface area contributed by atoms with Gasteiger partial charge in [0, 0.05) is 55.3 Å². The molecule has 1 unspecified atom stereocenters. The topological polar surface area (TPSA) is 60.0 Å². The van der Waals surface area contributed by atoms with Gasteiger partial charge in [0.25, 0.3) is 0 Å². The van der Waals surface area contributed by atoms with Gasteiger partial charge in [-0.1, -0.05) is 6.92 Å². The summed E-state index contributed by atoms with van der Waals surface area (Å²) in [5.74, 6) is 1.36. The Hall–Kier alpha value is -2.16. The molecule has 2 aliphatic heterocycles. The van der Waals surface area contributed by atoms with Crippen molar-refractivity contribution in [1.82, 2.24) is 19.4 Å². The van der Waals surface area contributed by atoms with Crippen molar-refractivity contribution < 1.29 is 17.6 Å². The number of rotatable bonds is 6. The minimum Gasteiger partial charge on any atom is -0.383 e. The number of piperidine rings is 1. The van der Waals surface area contributed by atoms with E-state index in [0.29, 0.717) is 35.7 Å². The van der Waals surface area contributed by atoms with Crippen LogP contribution >= 0.6 is 0 Å². The average Bonchev–Trinajstić information content (AvgIpc) is 3.22. The maximum absolute atomic E-state index is 13.2. The van der Waals surface area contributed by atoms with Crippen LogP contribution in [0.5, 0.6) is 0 Å². The molecule has 0 amide bonds. The molecule has 0 spiro atoms. The molecule has 4 heterocycles. The first kappa shape index (κ1) is 17.9. The Morgan fingerprint density at radius 3 is 2.79 bits per heavy atom. The number of anilines is 1. The predicted molar refractivity (Wildman–Crippen MR) is 95.2 cm³/mol. The molecule has 0 aromatic carbocycles. The van der Waals surface area contributed by atoms with Crippen molar-refractivity contribution >= 4 is 5.82 Å². The Morgan fingerprint density at radius 2 is 2.14 bits per heavy atom. The Balaban J connectivity index is 1.52. The predicted octanol–water partition coefficient (Wildman–Crippen LogP) is 3.11. The number of halogens is 4. The van der Waals surface area contributed by atoms with E-state index in [9.17, 15) is 17.6 Å². The number of aromatic nitrogens is 3. The summed E-state index contributed by atoms with van der Waals surface area (Å²) in [4.78, 5) is 10.6. The monoisotopic (exact) mass is 395 g/mol. The lowest BCUT2D eigenvalue weighted by Gasteiger charge is -2.16. The molecule has 28 heavy (non-hydrogen) atoms. The van der Waals surface area contributed by atoms with Crippen molar-refractivity contribution in [2.24, 2.45) is 11.8 Å². The third-order valence-corrected chi connectivity index (χ3v) is 6.54. The van der Waals surface area contributed by atoms with E-state index in [1.165, 1.54) is 6.20 Å². The molecule has 6 rings (SSSR count). The zero-order valence-corrected chi connectivity index (χ0v) is 15.4. The van der Waals surface area contributed by atoms with Crippen molar-refractivity contribution in [2.45, 2.75) is 37.5 Å². The van der Waals surface area contributed by atoms with Crippen LogP contribution in [-0.4, -0.2) is 45.2 Å². The van der Waals surface area contributed by atoms with Crippen LogP contribution in [0.3, 0.4) is 0 Å². The highest BCUT2D eigenvalue weighted by atomic mass is 19.4. The number of fused-ring (bicyclic) bond motifs is 1. The number of aryl methyl sites for hydroxylation is 1. The molecular weight excluding hydrogens is 374 g/mol. The maximum Gasteiger partial charge on any atom is 0.419 e. The standard InChI is InChI=1S/C19H21F4N5/c1-2-3-14-26-13(10-6-11(19(21,22)23)17(24)25-7-10)9-28(14)18-12-8-27(5-4-20)16(18)15(12)18/h6-7,9,12,15-16H,2-5,8H2,1H3,(H2,24,25)/t12-,15-,16?,18-/m1/s1. The lowest BCUT2D eigenvalue weighted by atomic mass is 10.1. The van der Waals surface area contributed by atoms with Crippen LogP contribution < -0.4 is 5.73 Å². The molecule has 2 aromatic heterocycles. The Labute approximate surface area is 159 Å². The van der Waals surface area contributed by atoms with Crippen molar-refractivity contribution in [1.29, 1.82) is 0 Å². The average molecular weight is 395 g/mol. The van der Waals surface area contributed by atoms with Crippen molar-refractivity contribution in [3.05, 3.63) is 29.8 Å². The molecule has 2 saturated carbocycles. The minimum atomic E-state index is -4.56. The molecule has 9 heteroatoms. The normalized spacial score (nSPS) is 30.5. The van der Waals surface area contributed by atoms with Crippen LogP contribution in [0.4, 0.5) is 23.4 Å². The van der Waals surface area contributed by atoms with Gasteiger partial charge in [0.2, 0.25) is 0 Å². The summed E-state index contributed by atoms with van der Waals surface area (Å²) in [5.41, 5.74) is 5.23. The molecule has 2 saturated heterocycles. The number of alkyl halides is 4. The number of pyridine rings is 1.